The van der Waals surface area contributed by atoms with Gasteiger partial charge in [0.1, 0.15) is 0 Å². The number of rotatable bonds is 7. The number of benzene rings is 2. The second kappa shape index (κ2) is 8.96. The zero-order chi connectivity index (χ0) is 18.2. The normalized spacial score (nSPS) is 12.9. The summed E-state index contributed by atoms with van der Waals surface area (Å²) in [6.07, 6.45) is 0. The molecule has 0 aliphatic rings. The van der Waals surface area contributed by atoms with Crippen LogP contribution in [0.1, 0.15) is 28.9 Å². The van der Waals surface area contributed by atoms with Crippen LogP contribution >= 0.6 is 0 Å². The van der Waals surface area contributed by atoms with Gasteiger partial charge in [-0.25, -0.2) is 0 Å². The van der Waals surface area contributed by atoms with E-state index >= 15 is 0 Å². The van der Waals surface area contributed by atoms with E-state index in [0.29, 0.717) is 24.3 Å². The summed E-state index contributed by atoms with van der Waals surface area (Å²) in [5, 5.41) is 5.51. The molecule has 0 aliphatic heterocycles. The molecular weight excluding hydrogens is 316 g/mol. The van der Waals surface area contributed by atoms with E-state index in [1.54, 1.807) is 31.2 Å². The van der Waals surface area contributed by atoms with Crippen molar-refractivity contribution in [2.24, 2.45) is 17.4 Å². The standard InChI is InChI=1S/C19H24N4O2/c1-13(17(21)14-7-3-2-4-8-14)18(24)23-16-10-6-5-9-15(16)19(25)22-12-11-20/h2-10,13,17H,11-12,20-21H2,1H3,(H,22,25)(H,23,24). The largest absolute Gasteiger partial charge is 0.351 e. The maximum Gasteiger partial charge on any atom is 0.253 e. The molecule has 2 atom stereocenters. The molecule has 0 bridgehead atoms. The minimum Gasteiger partial charge on any atom is -0.351 e. The van der Waals surface area contributed by atoms with Crippen LogP contribution < -0.4 is 22.1 Å². The van der Waals surface area contributed by atoms with E-state index in [1.165, 1.54) is 0 Å². The van der Waals surface area contributed by atoms with Gasteiger partial charge < -0.3 is 22.1 Å². The highest BCUT2D eigenvalue weighted by Crippen LogP contribution is 2.22. The Bertz CT molecular complexity index is 718. The monoisotopic (exact) mass is 340 g/mol. The van der Waals surface area contributed by atoms with Gasteiger partial charge in [0.2, 0.25) is 5.91 Å². The van der Waals surface area contributed by atoms with Gasteiger partial charge in [-0.05, 0) is 17.7 Å². The summed E-state index contributed by atoms with van der Waals surface area (Å²) in [6, 6.07) is 15.9. The molecule has 2 unspecified atom stereocenters. The summed E-state index contributed by atoms with van der Waals surface area (Å²) in [5.74, 6) is -0.973. The van der Waals surface area contributed by atoms with Gasteiger partial charge in [-0.1, -0.05) is 49.4 Å². The van der Waals surface area contributed by atoms with Gasteiger partial charge in [0, 0.05) is 19.1 Å². The highest BCUT2D eigenvalue weighted by molar-refractivity contribution is 6.04. The van der Waals surface area contributed by atoms with Gasteiger partial charge in [-0.15, -0.1) is 0 Å². The van der Waals surface area contributed by atoms with Crippen LogP contribution in [0, 0.1) is 5.92 Å². The zero-order valence-electron chi connectivity index (χ0n) is 14.2. The number of amides is 2. The molecule has 0 radical (unpaired) electrons. The second-order valence-corrected chi connectivity index (χ2v) is 5.80. The summed E-state index contributed by atoms with van der Waals surface area (Å²) in [7, 11) is 0. The van der Waals surface area contributed by atoms with Crippen LogP contribution in [0.25, 0.3) is 0 Å². The number of hydrogen-bond acceptors (Lipinski definition) is 4. The van der Waals surface area contributed by atoms with Gasteiger partial charge in [-0.3, -0.25) is 9.59 Å². The molecule has 6 heteroatoms. The number of hydrogen-bond donors (Lipinski definition) is 4. The summed E-state index contributed by atoms with van der Waals surface area (Å²) in [5.41, 5.74) is 13.3. The Morgan fingerprint density at radius 1 is 1.04 bits per heavy atom. The minimum atomic E-state index is -0.456. The number of carbonyl (C=O) groups excluding carboxylic acids is 2. The molecule has 6 nitrogen and oxygen atoms in total. The predicted molar refractivity (Wildman–Crippen MR) is 99.0 cm³/mol. The fraction of sp³-hybridized carbons (Fsp3) is 0.263. The third-order valence-corrected chi connectivity index (χ3v) is 4.00. The van der Waals surface area contributed by atoms with E-state index in [1.807, 2.05) is 30.3 Å². The van der Waals surface area contributed by atoms with E-state index < -0.39 is 12.0 Å². The van der Waals surface area contributed by atoms with Gasteiger partial charge in [-0.2, -0.15) is 0 Å². The topological polar surface area (TPSA) is 110 Å². The third-order valence-electron chi connectivity index (χ3n) is 4.00. The van der Waals surface area contributed by atoms with Crippen molar-refractivity contribution in [1.29, 1.82) is 0 Å². The lowest BCUT2D eigenvalue weighted by atomic mass is 9.94. The van der Waals surface area contributed by atoms with E-state index in [0.717, 1.165) is 5.56 Å². The lowest BCUT2D eigenvalue weighted by Gasteiger charge is -2.20. The first-order valence-electron chi connectivity index (χ1n) is 8.23. The molecule has 0 saturated heterocycles. The van der Waals surface area contributed by atoms with Crippen LogP contribution in [-0.2, 0) is 4.79 Å². The van der Waals surface area contributed by atoms with Crippen molar-refractivity contribution in [1.82, 2.24) is 5.32 Å². The number of anilines is 1. The average Bonchev–Trinajstić information content (AvgIpc) is 2.66. The number of nitrogens with two attached hydrogens (primary N) is 2. The van der Waals surface area contributed by atoms with E-state index in [2.05, 4.69) is 10.6 Å². The molecule has 0 heterocycles. The summed E-state index contributed by atoms with van der Waals surface area (Å²) >= 11 is 0. The third kappa shape index (κ3) is 4.89. The fourth-order valence-electron chi connectivity index (χ4n) is 2.44. The van der Waals surface area contributed by atoms with Gasteiger partial charge in [0.25, 0.3) is 5.91 Å². The molecule has 2 aromatic carbocycles. The van der Waals surface area contributed by atoms with Crippen LogP contribution in [0.2, 0.25) is 0 Å². The second-order valence-electron chi connectivity index (χ2n) is 5.80. The zero-order valence-corrected chi connectivity index (χ0v) is 14.2. The SMILES string of the molecule is CC(C(=O)Nc1ccccc1C(=O)NCCN)C(N)c1ccccc1. The molecule has 2 rings (SSSR count). The first-order valence-corrected chi connectivity index (χ1v) is 8.23. The number of nitrogens with one attached hydrogen (secondary N) is 2. The molecule has 6 N–H and O–H groups in total. The first kappa shape index (κ1) is 18.6. The molecule has 2 aromatic rings. The van der Waals surface area contributed by atoms with Gasteiger partial charge in [0.05, 0.1) is 17.2 Å². The van der Waals surface area contributed by atoms with E-state index in [-0.39, 0.29) is 11.8 Å². The number of carbonyl (C=O) groups is 2. The van der Waals surface area contributed by atoms with Crippen LogP contribution in [0.15, 0.2) is 54.6 Å². The summed E-state index contributed by atoms with van der Waals surface area (Å²) in [6.45, 7) is 2.49. The van der Waals surface area contributed by atoms with Crippen molar-refractivity contribution >= 4 is 17.5 Å². The van der Waals surface area contributed by atoms with Crippen molar-refractivity contribution in [3.05, 3.63) is 65.7 Å². The fourth-order valence-corrected chi connectivity index (χ4v) is 2.44. The Balaban J connectivity index is 2.11. The van der Waals surface area contributed by atoms with Crippen molar-refractivity contribution in [3.63, 3.8) is 0 Å². The Kier molecular flexibility index (Phi) is 6.68. The Morgan fingerprint density at radius 3 is 2.36 bits per heavy atom. The van der Waals surface area contributed by atoms with Crippen molar-refractivity contribution in [3.8, 4) is 0 Å². The molecule has 132 valence electrons. The lowest BCUT2D eigenvalue weighted by Crippen LogP contribution is -2.32. The highest BCUT2D eigenvalue weighted by atomic mass is 16.2. The smallest absolute Gasteiger partial charge is 0.253 e. The first-order chi connectivity index (χ1) is 12.0. The summed E-state index contributed by atoms with van der Waals surface area (Å²) < 4.78 is 0. The molecule has 25 heavy (non-hydrogen) atoms. The Hall–Kier alpha value is -2.70. The average molecular weight is 340 g/mol. The van der Waals surface area contributed by atoms with Crippen molar-refractivity contribution in [2.75, 3.05) is 18.4 Å². The predicted octanol–water partition coefficient (Wildman–Crippen LogP) is 1.65. The van der Waals surface area contributed by atoms with Crippen LogP contribution in [0.5, 0.6) is 0 Å². The molecule has 0 spiro atoms. The Morgan fingerprint density at radius 2 is 1.68 bits per heavy atom. The molecule has 2 amide bonds. The van der Waals surface area contributed by atoms with E-state index in [4.69, 9.17) is 11.5 Å². The van der Waals surface area contributed by atoms with Crippen LogP contribution in [0.3, 0.4) is 0 Å². The highest BCUT2D eigenvalue weighted by Gasteiger charge is 2.23. The quantitative estimate of drug-likeness (QED) is 0.614. The Labute approximate surface area is 147 Å². The molecular formula is C19H24N4O2. The van der Waals surface area contributed by atoms with Gasteiger partial charge in [0.15, 0.2) is 0 Å². The van der Waals surface area contributed by atoms with Crippen molar-refractivity contribution in [2.45, 2.75) is 13.0 Å². The van der Waals surface area contributed by atoms with E-state index in [9.17, 15) is 9.59 Å². The summed E-state index contributed by atoms with van der Waals surface area (Å²) in [4.78, 5) is 24.8. The molecule has 0 saturated carbocycles. The minimum absolute atomic E-state index is 0.240. The molecule has 0 aliphatic carbocycles. The van der Waals surface area contributed by atoms with Crippen molar-refractivity contribution < 1.29 is 9.59 Å². The van der Waals surface area contributed by atoms with Gasteiger partial charge >= 0.3 is 0 Å². The van der Waals surface area contributed by atoms with Crippen LogP contribution in [0.4, 0.5) is 5.69 Å². The molecule has 0 aromatic heterocycles. The van der Waals surface area contributed by atoms with Crippen LogP contribution in [-0.4, -0.2) is 24.9 Å². The maximum atomic E-state index is 12.6. The maximum absolute atomic E-state index is 12.6. The molecule has 0 fully saturated rings. The lowest BCUT2D eigenvalue weighted by molar-refractivity contribution is -0.120. The number of para-hydroxylation sites is 1.